The lowest BCUT2D eigenvalue weighted by molar-refractivity contribution is 0.0944. The molecule has 0 spiro atoms. The van der Waals surface area contributed by atoms with Crippen LogP contribution in [0, 0.1) is 0 Å². The molecule has 0 radical (unpaired) electrons. The van der Waals surface area contributed by atoms with Gasteiger partial charge in [-0.05, 0) is 48.0 Å². The Balaban J connectivity index is 1.72. The van der Waals surface area contributed by atoms with E-state index in [1.807, 2.05) is 12.1 Å². The van der Waals surface area contributed by atoms with Crippen molar-refractivity contribution in [3.8, 4) is 5.69 Å². The van der Waals surface area contributed by atoms with Gasteiger partial charge in [-0.25, -0.2) is 4.79 Å². The van der Waals surface area contributed by atoms with E-state index in [0.29, 0.717) is 27.7 Å². The Kier molecular flexibility index (Phi) is 7.20. The second-order valence-electron chi connectivity index (χ2n) is 7.37. The molecule has 0 aliphatic carbocycles. The second-order valence-corrected chi connectivity index (χ2v) is 8.24. The maximum atomic E-state index is 13.2. The molecule has 0 atom stereocenters. The molecule has 0 unspecified atom stereocenters. The number of hydrogen-bond donors (Lipinski definition) is 1. The van der Waals surface area contributed by atoms with Gasteiger partial charge in [-0.15, -0.1) is 0 Å². The summed E-state index contributed by atoms with van der Waals surface area (Å²) in [6.07, 6.45) is 2.13. The Labute approximate surface area is 204 Å². The van der Waals surface area contributed by atoms with Crippen LogP contribution in [-0.2, 0) is 13.0 Å². The van der Waals surface area contributed by atoms with E-state index in [2.05, 4.69) is 15.4 Å². The van der Waals surface area contributed by atoms with Gasteiger partial charge in [0.15, 0.2) is 0 Å². The van der Waals surface area contributed by atoms with Crippen LogP contribution in [0.1, 0.15) is 21.7 Å². The predicted molar refractivity (Wildman–Crippen MR) is 130 cm³/mol. The van der Waals surface area contributed by atoms with E-state index in [1.54, 1.807) is 54.7 Å². The zero-order chi connectivity index (χ0) is 24.1. The predicted octanol–water partition coefficient (Wildman–Crippen LogP) is 3.12. The molecule has 172 valence electrons. The van der Waals surface area contributed by atoms with Crippen molar-refractivity contribution in [2.24, 2.45) is 0 Å². The second kappa shape index (κ2) is 10.5. The minimum atomic E-state index is -0.807. The molecule has 0 bridgehead atoms. The number of hydrogen-bond acceptors (Lipinski definition) is 5. The number of amides is 1. The summed E-state index contributed by atoms with van der Waals surface area (Å²) >= 11 is 12.1. The zero-order valence-corrected chi connectivity index (χ0v) is 19.3. The molecule has 2 heterocycles. The number of pyridine rings is 1. The highest BCUT2D eigenvalue weighted by Gasteiger charge is 2.20. The normalized spacial score (nSPS) is 10.8. The first-order valence-electron chi connectivity index (χ1n) is 10.3. The van der Waals surface area contributed by atoms with Gasteiger partial charge in [0.2, 0.25) is 5.69 Å². The minimum absolute atomic E-state index is 0.0878. The lowest BCUT2D eigenvalue weighted by Gasteiger charge is -2.13. The Morgan fingerprint density at radius 1 is 0.941 bits per heavy atom. The third-order valence-electron chi connectivity index (χ3n) is 4.95. The fraction of sp³-hybridized carbons (Fsp3) is 0.125. The molecule has 2 aromatic carbocycles. The first kappa shape index (κ1) is 23.4. The molecule has 10 heteroatoms. The lowest BCUT2D eigenvalue weighted by atomic mass is 10.2. The van der Waals surface area contributed by atoms with Gasteiger partial charge in [-0.1, -0.05) is 47.5 Å². The molecule has 8 nitrogen and oxygen atoms in total. The summed E-state index contributed by atoms with van der Waals surface area (Å²) in [5.41, 5.74) is -0.201. The van der Waals surface area contributed by atoms with Crippen molar-refractivity contribution in [3.05, 3.63) is 121 Å². The number of carbonyl (C=O) groups is 1. The van der Waals surface area contributed by atoms with Crippen molar-refractivity contribution in [1.82, 2.24) is 24.6 Å². The zero-order valence-electron chi connectivity index (χ0n) is 17.8. The highest BCUT2D eigenvalue weighted by molar-refractivity contribution is 6.31. The van der Waals surface area contributed by atoms with Gasteiger partial charge in [0.1, 0.15) is 0 Å². The van der Waals surface area contributed by atoms with Gasteiger partial charge < -0.3 is 5.32 Å². The van der Waals surface area contributed by atoms with Crippen LogP contribution in [0.3, 0.4) is 0 Å². The highest BCUT2D eigenvalue weighted by Crippen LogP contribution is 2.13. The van der Waals surface area contributed by atoms with Crippen LogP contribution in [0.2, 0.25) is 10.0 Å². The molecule has 2 aromatic heterocycles. The third-order valence-corrected chi connectivity index (χ3v) is 5.42. The first-order chi connectivity index (χ1) is 16.4. The average molecular weight is 496 g/mol. The van der Waals surface area contributed by atoms with Crippen LogP contribution in [0.15, 0.2) is 82.5 Å². The summed E-state index contributed by atoms with van der Waals surface area (Å²) < 4.78 is 1.94. The van der Waals surface area contributed by atoms with Crippen LogP contribution in [-0.4, -0.2) is 31.8 Å². The van der Waals surface area contributed by atoms with Gasteiger partial charge in [-0.3, -0.25) is 19.1 Å². The Hall–Kier alpha value is -3.75. The SMILES string of the molecule is O=C(NCCc1ccccn1)c1nn(-c2cccc(Cl)c2)c(=O)n(Cc2cccc(Cl)c2)c1=O. The van der Waals surface area contributed by atoms with Gasteiger partial charge in [-0.2, -0.15) is 9.78 Å². The van der Waals surface area contributed by atoms with Crippen molar-refractivity contribution < 1.29 is 4.79 Å². The van der Waals surface area contributed by atoms with Gasteiger partial charge in [0, 0.05) is 34.9 Å². The van der Waals surface area contributed by atoms with Crippen LogP contribution in [0.25, 0.3) is 5.69 Å². The molecule has 0 aliphatic heterocycles. The quantitative estimate of drug-likeness (QED) is 0.424. The molecule has 4 rings (SSSR count). The molecule has 34 heavy (non-hydrogen) atoms. The number of nitrogens with zero attached hydrogens (tertiary/aromatic N) is 4. The summed E-state index contributed by atoms with van der Waals surface area (Å²) in [6.45, 7) is 0.150. The molecule has 1 amide bonds. The number of rotatable bonds is 7. The number of carbonyl (C=O) groups excluding carboxylic acids is 1. The molecule has 0 fully saturated rings. The van der Waals surface area contributed by atoms with E-state index < -0.39 is 22.9 Å². The minimum Gasteiger partial charge on any atom is -0.350 e. The lowest BCUT2D eigenvalue weighted by Crippen LogP contribution is -2.46. The van der Waals surface area contributed by atoms with Crippen molar-refractivity contribution in [2.45, 2.75) is 13.0 Å². The summed E-state index contributed by atoms with van der Waals surface area (Å²) in [5, 5.41) is 7.60. The van der Waals surface area contributed by atoms with E-state index in [9.17, 15) is 14.4 Å². The van der Waals surface area contributed by atoms with E-state index >= 15 is 0 Å². The summed E-state index contributed by atoms with van der Waals surface area (Å²) in [6, 6.07) is 18.7. The van der Waals surface area contributed by atoms with Crippen molar-refractivity contribution in [2.75, 3.05) is 6.54 Å². The van der Waals surface area contributed by atoms with Crippen molar-refractivity contribution >= 4 is 29.1 Å². The molecule has 0 saturated heterocycles. The number of benzene rings is 2. The molecule has 0 saturated carbocycles. The van der Waals surface area contributed by atoms with Crippen LogP contribution in [0.4, 0.5) is 0 Å². The summed E-state index contributed by atoms with van der Waals surface area (Å²) in [7, 11) is 0. The molecule has 0 aliphatic rings. The molecule has 4 aromatic rings. The smallest absolute Gasteiger partial charge is 0.350 e. The Morgan fingerprint density at radius 3 is 2.41 bits per heavy atom. The monoisotopic (exact) mass is 495 g/mol. The maximum absolute atomic E-state index is 13.2. The average Bonchev–Trinajstić information content (AvgIpc) is 2.82. The maximum Gasteiger partial charge on any atom is 0.352 e. The number of aromatic nitrogens is 4. The van der Waals surface area contributed by atoms with E-state index in [1.165, 1.54) is 6.07 Å². The standard InChI is InChI=1S/C24H19Cl2N5O3/c25-17-6-3-5-16(13-17)15-30-23(33)21(22(32)28-12-10-19-8-1-2-11-27-19)29-31(24(30)34)20-9-4-7-18(26)14-20/h1-9,11,13-14H,10,12,15H2,(H,28,32). The van der Waals surface area contributed by atoms with Crippen LogP contribution < -0.4 is 16.6 Å². The highest BCUT2D eigenvalue weighted by atomic mass is 35.5. The number of nitrogens with one attached hydrogen (secondary N) is 1. The van der Waals surface area contributed by atoms with Gasteiger partial charge >= 0.3 is 5.69 Å². The fourth-order valence-electron chi connectivity index (χ4n) is 3.32. The Morgan fingerprint density at radius 2 is 1.71 bits per heavy atom. The van der Waals surface area contributed by atoms with Gasteiger partial charge in [0.05, 0.1) is 12.2 Å². The van der Waals surface area contributed by atoms with Crippen molar-refractivity contribution in [3.63, 3.8) is 0 Å². The van der Waals surface area contributed by atoms with E-state index in [0.717, 1.165) is 14.9 Å². The number of halogens is 2. The first-order valence-corrected chi connectivity index (χ1v) is 11.1. The van der Waals surface area contributed by atoms with E-state index in [4.69, 9.17) is 23.2 Å². The van der Waals surface area contributed by atoms with Crippen molar-refractivity contribution in [1.29, 1.82) is 0 Å². The summed E-state index contributed by atoms with van der Waals surface area (Å²) in [4.78, 5) is 43.5. The summed E-state index contributed by atoms with van der Waals surface area (Å²) in [5.74, 6) is -0.698. The van der Waals surface area contributed by atoms with Crippen LogP contribution >= 0.6 is 23.2 Å². The van der Waals surface area contributed by atoms with E-state index in [-0.39, 0.29) is 13.1 Å². The third kappa shape index (κ3) is 5.41. The topological polar surface area (TPSA) is 98.9 Å². The molecular formula is C24H19Cl2N5O3. The molecular weight excluding hydrogens is 477 g/mol. The van der Waals surface area contributed by atoms with Gasteiger partial charge in [0.25, 0.3) is 11.5 Å². The Bertz CT molecular complexity index is 1450. The van der Waals surface area contributed by atoms with Crippen LogP contribution in [0.5, 0.6) is 0 Å². The largest absolute Gasteiger partial charge is 0.352 e. The molecule has 1 N–H and O–H groups in total. The fourth-order valence-corrected chi connectivity index (χ4v) is 3.72.